The number of carbonyl (C=O) groups is 1. The molecule has 0 bridgehead atoms. The van der Waals surface area contributed by atoms with Crippen molar-refractivity contribution in [2.75, 3.05) is 0 Å². The van der Waals surface area contributed by atoms with Gasteiger partial charge in [0.15, 0.2) is 0 Å². The smallest absolute Gasteiger partial charge is 0.337 e. The van der Waals surface area contributed by atoms with Gasteiger partial charge in [0.05, 0.1) is 10.6 Å². The molecule has 2 nitrogen and oxygen atoms in total. The summed E-state index contributed by atoms with van der Waals surface area (Å²) in [5, 5.41) is 10.9. The van der Waals surface area contributed by atoms with Crippen LogP contribution in [0.2, 0.25) is 5.02 Å². The van der Waals surface area contributed by atoms with Crippen molar-refractivity contribution < 1.29 is 9.90 Å². The van der Waals surface area contributed by atoms with E-state index in [0.29, 0.717) is 0 Å². The Morgan fingerprint density at radius 1 is 1.13 bits per heavy atom. The van der Waals surface area contributed by atoms with Gasteiger partial charge in [-0.15, -0.1) is 0 Å². The van der Waals surface area contributed by atoms with Gasteiger partial charge < -0.3 is 5.11 Å². The van der Waals surface area contributed by atoms with E-state index in [1.54, 1.807) is 12.1 Å². The molecule has 0 fully saturated rings. The number of hydrogen-bond donors (Lipinski definition) is 1. The molecule has 0 aliphatic rings. The number of fused-ring (bicyclic) bond motifs is 1. The van der Waals surface area contributed by atoms with Gasteiger partial charge in [0.25, 0.3) is 0 Å². The Labute approximate surface area is 112 Å². The van der Waals surface area contributed by atoms with E-state index in [4.69, 9.17) is 16.7 Å². The van der Waals surface area contributed by atoms with Crippen molar-refractivity contribution >= 4 is 55.6 Å². The third-order valence-corrected chi connectivity index (χ3v) is 2.38. The molecule has 0 aromatic heterocycles. The first kappa shape index (κ1) is 12.5. The zero-order valence-electron chi connectivity index (χ0n) is 7.77. The van der Waals surface area contributed by atoms with E-state index in [1.165, 1.54) is 0 Å². The largest absolute Gasteiger partial charge is 0.478 e. The maximum Gasteiger partial charge on any atom is 0.337 e. The molecule has 2 aromatic rings. The average molecular weight is 411 g/mol. The van der Waals surface area contributed by atoms with Gasteiger partial charge in [0, 0.05) is 27.3 Å². The summed E-state index contributed by atoms with van der Waals surface area (Å²) in [5.74, 6) is -0.999. The molecule has 0 saturated heterocycles. The van der Waals surface area contributed by atoms with Crippen LogP contribution in [0.15, 0.2) is 36.4 Å². The molecule has 2 rings (SSSR count). The molecule has 1 radical (unpaired) electrons. The number of aromatic carboxylic acids is 1. The molecule has 0 unspecified atom stereocenters. The van der Waals surface area contributed by atoms with Crippen LogP contribution in [0.4, 0.5) is 0 Å². The minimum absolute atomic E-state index is 0. The first-order valence-electron chi connectivity index (χ1n) is 4.10. The summed E-state index contributed by atoms with van der Waals surface area (Å²) < 4.78 is 0. The van der Waals surface area contributed by atoms with E-state index in [1.807, 2.05) is 24.3 Å². The second kappa shape index (κ2) is 4.94. The van der Waals surface area contributed by atoms with Gasteiger partial charge in [0.2, 0.25) is 0 Å². The molecule has 0 aliphatic heterocycles. The van der Waals surface area contributed by atoms with E-state index in [-0.39, 0.29) is 37.9 Å². The molecule has 0 spiro atoms. The number of benzene rings is 2. The fourth-order valence-electron chi connectivity index (χ4n) is 1.38. The average Bonchev–Trinajstić information content (AvgIpc) is 2.16. The van der Waals surface area contributed by atoms with Crippen LogP contribution in [0, 0.1) is 0 Å². The fourth-order valence-corrected chi connectivity index (χ4v) is 1.63. The van der Waals surface area contributed by atoms with Crippen LogP contribution < -0.4 is 0 Å². The third kappa shape index (κ3) is 2.49. The van der Waals surface area contributed by atoms with E-state index < -0.39 is 5.97 Å². The Hall–Kier alpha value is -0.618. The fraction of sp³-hybridized carbons (Fsp3) is 0. The van der Waals surface area contributed by atoms with Crippen molar-refractivity contribution in [1.82, 2.24) is 0 Å². The maximum atomic E-state index is 10.8. The topological polar surface area (TPSA) is 37.3 Å². The van der Waals surface area contributed by atoms with Crippen LogP contribution in [-0.2, 0) is 0 Å². The van der Waals surface area contributed by atoms with Gasteiger partial charge in [-0.05, 0) is 22.9 Å². The number of carboxylic acid groups (broad SMARTS) is 1. The molecule has 0 aliphatic carbocycles. The van der Waals surface area contributed by atoms with Crippen LogP contribution in [0.1, 0.15) is 10.4 Å². The van der Waals surface area contributed by atoms with Gasteiger partial charge in [-0.1, -0.05) is 35.9 Å². The Bertz CT molecular complexity index is 511. The Kier molecular flexibility index (Phi) is 4.10. The van der Waals surface area contributed by atoms with Gasteiger partial charge in [-0.25, -0.2) is 4.79 Å². The molecule has 15 heavy (non-hydrogen) atoms. The van der Waals surface area contributed by atoms with Crippen LogP contribution in [0.25, 0.3) is 10.8 Å². The minimum atomic E-state index is -0.999. The molecule has 73 valence electrons. The van der Waals surface area contributed by atoms with Crippen molar-refractivity contribution in [2.45, 2.75) is 0 Å². The molecule has 0 amide bonds. The normalized spacial score (nSPS) is 9.67. The van der Waals surface area contributed by atoms with E-state index in [9.17, 15) is 4.79 Å². The maximum absolute atomic E-state index is 10.8. The molecule has 1 N–H and O–H groups in total. The first-order chi connectivity index (χ1) is 6.68. The first-order valence-corrected chi connectivity index (χ1v) is 4.48. The third-order valence-electron chi connectivity index (χ3n) is 2.07. The summed E-state index contributed by atoms with van der Waals surface area (Å²) in [7, 11) is 0. The van der Waals surface area contributed by atoms with Gasteiger partial charge in [-0.2, -0.15) is 0 Å². The number of hydrogen-bond acceptors (Lipinski definition) is 1. The predicted octanol–water partition coefficient (Wildman–Crippen LogP) is 2.81. The number of carboxylic acids is 1. The van der Waals surface area contributed by atoms with E-state index in [2.05, 4.69) is 0 Å². The summed E-state index contributed by atoms with van der Waals surface area (Å²) in [6.45, 7) is 0. The van der Waals surface area contributed by atoms with Crippen molar-refractivity contribution in [3.63, 3.8) is 0 Å². The van der Waals surface area contributed by atoms with Gasteiger partial charge in [-0.3, -0.25) is 0 Å². The van der Waals surface area contributed by atoms with Crippen LogP contribution in [0.3, 0.4) is 0 Å². The van der Waals surface area contributed by atoms with Crippen molar-refractivity contribution in [1.29, 1.82) is 0 Å². The molecular weight excluding hydrogens is 404 g/mol. The monoisotopic (exact) mass is 411 g/mol. The molecular formula is C11H7ClO2Tl. The zero-order chi connectivity index (χ0) is 10.1. The Morgan fingerprint density at radius 2 is 1.67 bits per heavy atom. The summed E-state index contributed by atoms with van der Waals surface area (Å²) >= 11 is 5.82. The second-order valence-corrected chi connectivity index (χ2v) is 3.39. The summed E-state index contributed by atoms with van der Waals surface area (Å²) in [6.07, 6.45) is 0. The van der Waals surface area contributed by atoms with Crippen molar-refractivity contribution in [2.24, 2.45) is 0 Å². The van der Waals surface area contributed by atoms with Gasteiger partial charge >= 0.3 is 5.97 Å². The SMILES string of the molecule is O=C(O)c1cc2ccccc2cc1Cl.[Tl]. The van der Waals surface area contributed by atoms with E-state index >= 15 is 0 Å². The van der Waals surface area contributed by atoms with Crippen LogP contribution >= 0.6 is 11.6 Å². The van der Waals surface area contributed by atoms with E-state index in [0.717, 1.165) is 10.8 Å². The summed E-state index contributed by atoms with van der Waals surface area (Å²) in [4.78, 5) is 10.8. The van der Waals surface area contributed by atoms with Gasteiger partial charge in [0.1, 0.15) is 0 Å². The molecule has 4 heteroatoms. The summed E-state index contributed by atoms with van der Waals surface area (Å²) in [6, 6.07) is 10.8. The van der Waals surface area contributed by atoms with Crippen molar-refractivity contribution in [3.8, 4) is 0 Å². The molecule has 0 heterocycles. The quantitative estimate of drug-likeness (QED) is 0.734. The van der Waals surface area contributed by atoms with Crippen LogP contribution in [-0.4, -0.2) is 38.4 Å². The Morgan fingerprint density at radius 3 is 2.20 bits per heavy atom. The predicted molar refractivity (Wildman–Crippen MR) is 61.7 cm³/mol. The number of halogens is 1. The standard InChI is InChI=1S/C11H7ClO2.Tl/c12-10-6-8-4-2-1-3-7(8)5-9(10)11(13)14;/h1-6H,(H,13,14);. The van der Waals surface area contributed by atoms with Crippen LogP contribution in [0.5, 0.6) is 0 Å². The molecule has 0 saturated carbocycles. The molecule has 2 aromatic carbocycles. The summed E-state index contributed by atoms with van der Waals surface area (Å²) in [5.41, 5.74) is 0.144. The van der Waals surface area contributed by atoms with Crippen molar-refractivity contribution in [3.05, 3.63) is 47.0 Å². The second-order valence-electron chi connectivity index (χ2n) is 2.98. The minimum Gasteiger partial charge on any atom is -0.478 e. The Balaban J connectivity index is 0.00000112. The zero-order valence-corrected chi connectivity index (χ0v) is 13.0. The number of rotatable bonds is 1. The molecule has 0 atom stereocenters.